The number of imidazole rings is 1. The highest BCUT2D eigenvalue weighted by Gasteiger charge is 2.17. The Morgan fingerprint density at radius 1 is 0.914 bits per heavy atom. The van der Waals surface area contributed by atoms with Crippen molar-refractivity contribution in [2.24, 2.45) is 0 Å². The number of nitrogens with zero attached hydrogens (tertiary/aromatic N) is 3. The van der Waals surface area contributed by atoms with Crippen LogP contribution in [0.4, 0.5) is 0 Å². The number of carbonyl (C=O) groups is 1. The SMILES string of the molecule is COc1cccc(-c2nc3ncc(-c4ccccc4)cc3n2Cc2ccccc2OCC(=O)O)c1. The highest BCUT2D eigenvalue weighted by atomic mass is 16.5. The molecule has 174 valence electrons. The average Bonchev–Trinajstić information content (AvgIpc) is 3.26. The predicted octanol–water partition coefficient (Wildman–Crippen LogP) is 5.29. The van der Waals surface area contributed by atoms with Gasteiger partial charge in [0.1, 0.15) is 17.3 Å². The number of rotatable bonds is 8. The van der Waals surface area contributed by atoms with Crippen molar-refractivity contribution in [2.75, 3.05) is 13.7 Å². The standard InChI is InChI=1S/C28H23N3O4/c1-34-23-12-7-11-20(14-23)28-30-27-24(15-22(16-29-27)19-8-3-2-4-9-19)31(28)17-21-10-5-6-13-25(21)35-18-26(32)33/h2-16H,17-18H2,1H3,(H,32,33). The van der Waals surface area contributed by atoms with E-state index in [1.54, 1.807) is 13.2 Å². The van der Waals surface area contributed by atoms with Gasteiger partial charge in [-0.05, 0) is 29.8 Å². The van der Waals surface area contributed by atoms with Gasteiger partial charge in [0.25, 0.3) is 0 Å². The second kappa shape index (κ2) is 9.69. The molecule has 0 fully saturated rings. The summed E-state index contributed by atoms with van der Waals surface area (Å²) in [7, 11) is 1.63. The largest absolute Gasteiger partial charge is 0.497 e. The molecule has 2 aromatic heterocycles. The van der Waals surface area contributed by atoms with E-state index < -0.39 is 12.6 Å². The number of carboxylic acids is 1. The summed E-state index contributed by atoms with van der Waals surface area (Å²) in [5.74, 6) is 0.941. The molecule has 0 saturated carbocycles. The molecule has 0 unspecified atom stereocenters. The predicted molar refractivity (Wildman–Crippen MR) is 134 cm³/mol. The number of ether oxygens (including phenoxy) is 2. The number of pyridine rings is 1. The second-order valence-electron chi connectivity index (χ2n) is 7.98. The molecule has 5 aromatic rings. The normalized spacial score (nSPS) is 10.9. The van der Waals surface area contributed by atoms with Gasteiger partial charge in [-0.25, -0.2) is 14.8 Å². The Hall–Kier alpha value is -4.65. The second-order valence-corrected chi connectivity index (χ2v) is 7.98. The van der Waals surface area contributed by atoms with Gasteiger partial charge < -0.3 is 19.1 Å². The van der Waals surface area contributed by atoms with Crippen LogP contribution in [-0.4, -0.2) is 39.3 Å². The van der Waals surface area contributed by atoms with Gasteiger partial charge in [-0.3, -0.25) is 0 Å². The van der Waals surface area contributed by atoms with E-state index in [9.17, 15) is 4.79 Å². The number of para-hydroxylation sites is 1. The van der Waals surface area contributed by atoms with Crippen LogP contribution < -0.4 is 9.47 Å². The molecule has 0 aliphatic carbocycles. The first-order valence-corrected chi connectivity index (χ1v) is 11.1. The zero-order valence-corrected chi connectivity index (χ0v) is 19.1. The maximum atomic E-state index is 11.1. The molecule has 0 spiro atoms. The Kier molecular flexibility index (Phi) is 6.13. The van der Waals surface area contributed by atoms with Crippen molar-refractivity contribution in [3.05, 3.63) is 96.7 Å². The molecule has 0 radical (unpaired) electrons. The monoisotopic (exact) mass is 465 g/mol. The summed E-state index contributed by atoms with van der Waals surface area (Å²) >= 11 is 0. The van der Waals surface area contributed by atoms with Crippen LogP contribution in [0.5, 0.6) is 11.5 Å². The zero-order valence-electron chi connectivity index (χ0n) is 19.1. The van der Waals surface area contributed by atoms with Crippen LogP contribution in [0.3, 0.4) is 0 Å². The molecule has 0 bridgehead atoms. The lowest BCUT2D eigenvalue weighted by molar-refractivity contribution is -0.139. The highest BCUT2D eigenvalue weighted by molar-refractivity contribution is 5.82. The Labute approximate surface area is 202 Å². The summed E-state index contributed by atoms with van der Waals surface area (Å²) < 4.78 is 13.1. The molecule has 0 amide bonds. The number of aliphatic carboxylic acids is 1. The van der Waals surface area contributed by atoms with E-state index in [1.165, 1.54) is 0 Å². The Bertz CT molecular complexity index is 1500. The van der Waals surface area contributed by atoms with Crippen molar-refractivity contribution < 1.29 is 19.4 Å². The van der Waals surface area contributed by atoms with Crippen LogP contribution in [0.15, 0.2) is 91.1 Å². The van der Waals surface area contributed by atoms with E-state index in [0.29, 0.717) is 17.9 Å². The number of benzene rings is 3. The van der Waals surface area contributed by atoms with E-state index in [-0.39, 0.29) is 0 Å². The van der Waals surface area contributed by atoms with Gasteiger partial charge in [-0.2, -0.15) is 0 Å². The van der Waals surface area contributed by atoms with Crippen molar-refractivity contribution >= 4 is 17.1 Å². The summed E-state index contributed by atoms with van der Waals surface area (Å²) in [6.07, 6.45) is 1.83. The molecule has 7 heteroatoms. The third kappa shape index (κ3) is 4.70. The molecule has 0 aliphatic rings. The number of hydrogen-bond acceptors (Lipinski definition) is 5. The summed E-state index contributed by atoms with van der Waals surface area (Å²) in [6, 6.07) is 27.3. The topological polar surface area (TPSA) is 86.5 Å². The van der Waals surface area contributed by atoms with E-state index in [2.05, 4.69) is 15.6 Å². The molecule has 5 rings (SSSR count). The number of fused-ring (bicyclic) bond motifs is 1. The quantitative estimate of drug-likeness (QED) is 0.335. The van der Waals surface area contributed by atoms with Crippen molar-refractivity contribution in [1.82, 2.24) is 14.5 Å². The van der Waals surface area contributed by atoms with E-state index in [4.69, 9.17) is 19.6 Å². The van der Waals surface area contributed by atoms with Gasteiger partial charge in [0, 0.05) is 22.9 Å². The summed E-state index contributed by atoms with van der Waals surface area (Å²) in [4.78, 5) is 20.6. The minimum Gasteiger partial charge on any atom is -0.497 e. The van der Waals surface area contributed by atoms with Gasteiger partial charge in [0.15, 0.2) is 12.3 Å². The Morgan fingerprint density at radius 2 is 1.69 bits per heavy atom. The molecule has 3 aromatic carbocycles. The van der Waals surface area contributed by atoms with Crippen LogP contribution in [0.2, 0.25) is 0 Å². The molecular formula is C28H23N3O4. The van der Waals surface area contributed by atoms with Crippen molar-refractivity contribution in [3.8, 4) is 34.0 Å². The molecule has 0 aliphatic heterocycles. The first kappa shape index (κ1) is 22.2. The molecule has 2 heterocycles. The minimum atomic E-state index is -1.03. The molecular weight excluding hydrogens is 442 g/mol. The van der Waals surface area contributed by atoms with Crippen LogP contribution in [0.25, 0.3) is 33.7 Å². The fourth-order valence-corrected chi connectivity index (χ4v) is 4.02. The van der Waals surface area contributed by atoms with Crippen molar-refractivity contribution in [1.29, 1.82) is 0 Å². The molecule has 1 N–H and O–H groups in total. The van der Waals surface area contributed by atoms with Crippen molar-refractivity contribution in [2.45, 2.75) is 6.54 Å². The van der Waals surface area contributed by atoms with E-state index in [1.807, 2.05) is 79.0 Å². The Balaban J connectivity index is 1.67. The van der Waals surface area contributed by atoms with Gasteiger partial charge in [0.2, 0.25) is 0 Å². The van der Waals surface area contributed by atoms with Gasteiger partial charge in [0.05, 0.1) is 19.2 Å². The third-order valence-corrected chi connectivity index (χ3v) is 5.69. The lowest BCUT2D eigenvalue weighted by Gasteiger charge is -2.14. The van der Waals surface area contributed by atoms with Gasteiger partial charge in [-0.1, -0.05) is 60.7 Å². The third-order valence-electron chi connectivity index (χ3n) is 5.69. The van der Waals surface area contributed by atoms with Gasteiger partial charge in [-0.15, -0.1) is 0 Å². The Morgan fingerprint density at radius 3 is 2.49 bits per heavy atom. The average molecular weight is 466 g/mol. The van der Waals surface area contributed by atoms with Crippen LogP contribution in [-0.2, 0) is 11.3 Å². The number of carboxylic acid groups (broad SMARTS) is 1. The zero-order chi connectivity index (χ0) is 24.2. The summed E-state index contributed by atoms with van der Waals surface area (Å²) in [5, 5.41) is 9.08. The van der Waals surface area contributed by atoms with E-state index >= 15 is 0 Å². The van der Waals surface area contributed by atoms with Crippen LogP contribution in [0.1, 0.15) is 5.56 Å². The number of hydrogen-bond donors (Lipinski definition) is 1. The highest BCUT2D eigenvalue weighted by Crippen LogP contribution is 2.31. The lowest BCUT2D eigenvalue weighted by atomic mass is 10.1. The first-order valence-electron chi connectivity index (χ1n) is 11.1. The number of aromatic nitrogens is 3. The van der Waals surface area contributed by atoms with Crippen LogP contribution in [0, 0.1) is 0 Å². The van der Waals surface area contributed by atoms with Crippen molar-refractivity contribution in [3.63, 3.8) is 0 Å². The lowest BCUT2D eigenvalue weighted by Crippen LogP contribution is -2.11. The molecule has 7 nitrogen and oxygen atoms in total. The molecule has 0 atom stereocenters. The maximum Gasteiger partial charge on any atom is 0.341 e. The fraction of sp³-hybridized carbons (Fsp3) is 0.107. The molecule has 0 saturated heterocycles. The van der Waals surface area contributed by atoms with E-state index in [0.717, 1.165) is 39.3 Å². The summed E-state index contributed by atoms with van der Waals surface area (Å²) in [5.41, 5.74) is 5.23. The van der Waals surface area contributed by atoms with Crippen LogP contribution >= 0.6 is 0 Å². The minimum absolute atomic E-state index is 0.413. The van der Waals surface area contributed by atoms with Gasteiger partial charge >= 0.3 is 5.97 Å². The molecule has 35 heavy (non-hydrogen) atoms. The first-order chi connectivity index (χ1) is 17.1. The summed E-state index contributed by atoms with van der Waals surface area (Å²) in [6.45, 7) is 0.00288. The fourth-order valence-electron chi connectivity index (χ4n) is 4.02. The maximum absolute atomic E-state index is 11.1. The smallest absolute Gasteiger partial charge is 0.341 e. The number of methoxy groups -OCH3 is 1.